The lowest BCUT2D eigenvalue weighted by molar-refractivity contribution is -0.0661. The number of carboxylic acids is 1. The van der Waals surface area contributed by atoms with E-state index < -0.39 is 25.0 Å². The van der Waals surface area contributed by atoms with E-state index in [4.69, 9.17) is 14.9 Å². The fourth-order valence-electron chi connectivity index (χ4n) is 1.34. The molecule has 1 aromatic rings. The van der Waals surface area contributed by atoms with Gasteiger partial charge in [0.25, 0.3) is 5.92 Å². The summed E-state index contributed by atoms with van der Waals surface area (Å²) in [5.41, 5.74) is -0.349. The van der Waals surface area contributed by atoms with Gasteiger partial charge < -0.3 is 14.9 Å². The number of aliphatic hydroxyl groups is 1. The smallest absolute Gasteiger partial charge is 0.358 e. The van der Waals surface area contributed by atoms with Gasteiger partial charge in [-0.2, -0.15) is 0 Å². The summed E-state index contributed by atoms with van der Waals surface area (Å²) < 4.78 is 31.6. The zero-order valence-corrected chi connectivity index (χ0v) is 9.64. The summed E-state index contributed by atoms with van der Waals surface area (Å²) in [5, 5.41) is 24.0. The second kappa shape index (κ2) is 5.83. The van der Waals surface area contributed by atoms with Crippen molar-refractivity contribution in [1.82, 2.24) is 15.0 Å². The number of hydrogen-bond acceptors (Lipinski definition) is 5. The zero-order valence-electron chi connectivity index (χ0n) is 9.64. The number of carbonyl (C=O) groups is 1. The number of halogens is 2. The fraction of sp³-hybridized carbons (Fsp3) is 0.667. The molecule has 0 aromatic carbocycles. The molecule has 1 rings (SSSR count). The standard InChI is InChI=1S/C9H13F2N3O4/c1-18-3-2-6-7(8(16)17)12-13-14(6)4-9(10,11)5-15/h15H,2-5H2,1H3,(H,16,17). The van der Waals surface area contributed by atoms with Crippen molar-refractivity contribution in [3.8, 4) is 0 Å². The van der Waals surface area contributed by atoms with Crippen LogP contribution in [0.25, 0.3) is 0 Å². The lowest BCUT2D eigenvalue weighted by Crippen LogP contribution is -2.29. The van der Waals surface area contributed by atoms with Crippen LogP contribution in [0, 0.1) is 0 Å². The summed E-state index contributed by atoms with van der Waals surface area (Å²) in [4.78, 5) is 10.8. The molecule has 0 aliphatic rings. The van der Waals surface area contributed by atoms with E-state index in [2.05, 4.69) is 10.3 Å². The lowest BCUT2D eigenvalue weighted by atomic mass is 10.2. The van der Waals surface area contributed by atoms with E-state index in [0.29, 0.717) is 0 Å². The monoisotopic (exact) mass is 265 g/mol. The Hall–Kier alpha value is -1.61. The summed E-state index contributed by atoms with van der Waals surface area (Å²) in [6.45, 7) is -2.12. The van der Waals surface area contributed by atoms with Gasteiger partial charge in [-0.1, -0.05) is 5.21 Å². The molecule has 0 unspecified atom stereocenters. The number of alkyl halides is 2. The number of methoxy groups -OCH3 is 1. The van der Waals surface area contributed by atoms with Crippen LogP contribution in [0.2, 0.25) is 0 Å². The summed E-state index contributed by atoms with van der Waals surface area (Å²) >= 11 is 0. The van der Waals surface area contributed by atoms with E-state index in [-0.39, 0.29) is 24.4 Å². The van der Waals surface area contributed by atoms with Gasteiger partial charge in [-0.3, -0.25) is 0 Å². The summed E-state index contributed by atoms with van der Waals surface area (Å²) in [7, 11) is 1.40. The molecule has 0 spiro atoms. The maximum atomic E-state index is 13.0. The summed E-state index contributed by atoms with van der Waals surface area (Å²) in [6, 6.07) is 0. The van der Waals surface area contributed by atoms with Crippen molar-refractivity contribution in [3.63, 3.8) is 0 Å². The molecule has 0 aliphatic heterocycles. The van der Waals surface area contributed by atoms with Crippen LogP contribution >= 0.6 is 0 Å². The van der Waals surface area contributed by atoms with Crippen molar-refractivity contribution in [2.45, 2.75) is 18.9 Å². The maximum Gasteiger partial charge on any atom is 0.358 e. The van der Waals surface area contributed by atoms with Gasteiger partial charge >= 0.3 is 5.97 Å². The van der Waals surface area contributed by atoms with Crippen molar-refractivity contribution < 1.29 is 28.5 Å². The lowest BCUT2D eigenvalue weighted by Gasteiger charge is -2.14. The van der Waals surface area contributed by atoms with Crippen LogP contribution in [0.3, 0.4) is 0 Å². The van der Waals surface area contributed by atoms with E-state index in [0.717, 1.165) is 4.68 Å². The van der Waals surface area contributed by atoms with E-state index in [1.165, 1.54) is 7.11 Å². The van der Waals surface area contributed by atoms with Crippen molar-refractivity contribution >= 4 is 5.97 Å². The first-order valence-corrected chi connectivity index (χ1v) is 5.04. The summed E-state index contributed by atoms with van der Waals surface area (Å²) in [6.07, 6.45) is 0.0899. The minimum Gasteiger partial charge on any atom is -0.476 e. The van der Waals surface area contributed by atoms with Crippen molar-refractivity contribution in [2.75, 3.05) is 20.3 Å². The van der Waals surface area contributed by atoms with Crippen LogP contribution in [-0.2, 0) is 17.7 Å². The second-order valence-corrected chi connectivity index (χ2v) is 3.60. The highest BCUT2D eigenvalue weighted by molar-refractivity contribution is 5.86. The molecule has 0 saturated carbocycles. The SMILES string of the molecule is COCCc1c(C(=O)O)nnn1CC(F)(F)CO. The van der Waals surface area contributed by atoms with Crippen LogP contribution in [0.1, 0.15) is 16.2 Å². The minimum absolute atomic E-state index is 0.0393. The van der Waals surface area contributed by atoms with Gasteiger partial charge in [0.05, 0.1) is 12.3 Å². The first kappa shape index (κ1) is 14.5. The molecule has 1 heterocycles. The molecular weight excluding hydrogens is 252 g/mol. The largest absolute Gasteiger partial charge is 0.476 e. The average Bonchev–Trinajstić information content (AvgIpc) is 2.69. The van der Waals surface area contributed by atoms with E-state index in [9.17, 15) is 13.6 Å². The fourth-order valence-corrected chi connectivity index (χ4v) is 1.34. The summed E-state index contributed by atoms with van der Waals surface area (Å²) in [5.74, 6) is -4.73. The number of aliphatic hydroxyl groups excluding tert-OH is 1. The molecule has 9 heteroatoms. The highest BCUT2D eigenvalue weighted by Gasteiger charge is 2.31. The Morgan fingerprint density at radius 3 is 2.72 bits per heavy atom. The van der Waals surface area contributed by atoms with Crippen LogP contribution in [0.5, 0.6) is 0 Å². The maximum absolute atomic E-state index is 13.0. The highest BCUT2D eigenvalue weighted by atomic mass is 19.3. The number of aromatic carboxylic acids is 1. The molecule has 0 aliphatic carbocycles. The first-order chi connectivity index (χ1) is 8.41. The van der Waals surface area contributed by atoms with Gasteiger partial charge in [-0.25, -0.2) is 18.3 Å². The Bertz CT molecular complexity index is 422. The third-order valence-corrected chi connectivity index (χ3v) is 2.20. The van der Waals surface area contributed by atoms with Gasteiger partial charge in [-0.05, 0) is 0 Å². The molecule has 0 radical (unpaired) electrons. The average molecular weight is 265 g/mol. The quantitative estimate of drug-likeness (QED) is 0.708. The Labute approximate surface area is 101 Å². The predicted molar refractivity (Wildman–Crippen MR) is 54.6 cm³/mol. The number of ether oxygens (including phenoxy) is 1. The number of rotatable bonds is 7. The number of nitrogens with zero attached hydrogens (tertiary/aromatic N) is 3. The molecule has 0 saturated heterocycles. The van der Waals surface area contributed by atoms with Gasteiger partial charge in [0.2, 0.25) is 0 Å². The number of aromatic nitrogens is 3. The Balaban J connectivity index is 3.00. The molecule has 0 amide bonds. The van der Waals surface area contributed by atoms with Crippen molar-refractivity contribution in [1.29, 1.82) is 0 Å². The third-order valence-electron chi connectivity index (χ3n) is 2.20. The van der Waals surface area contributed by atoms with Gasteiger partial charge in [-0.15, -0.1) is 5.10 Å². The normalized spacial score (nSPS) is 11.8. The molecular formula is C9H13F2N3O4. The van der Waals surface area contributed by atoms with E-state index in [1.54, 1.807) is 0 Å². The Kier molecular flexibility index (Phi) is 4.68. The third kappa shape index (κ3) is 3.44. The van der Waals surface area contributed by atoms with Crippen molar-refractivity contribution in [2.24, 2.45) is 0 Å². The first-order valence-electron chi connectivity index (χ1n) is 5.04. The van der Waals surface area contributed by atoms with Crippen LogP contribution in [-0.4, -0.2) is 57.4 Å². The van der Waals surface area contributed by atoms with Gasteiger partial charge in [0.15, 0.2) is 5.69 Å². The van der Waals surface area contributed by atoms with Crippen LogP contribution < -0.4 is 0 Å². The number of carboxylic acid groups (broad SMARTS) is 1. The Morgan fingerprint density at radius 1 is 1.56 bits per heavy atom. The Morgan fingerprint density at radius 2 is 2.22 bits per heavy atom. The molecule has 0 fully saturated rings. The second-order valence-electron chi connectivity index (χ2n) is 3.60. The van der Waals surface area contributed by atoms with E-state index >= 15 is 0 Å². The van der Waals surface area contributed by atoms with Gasteiger partial charge in [0.1, 0.15) is 13.2 Å². The van der Waals surface area contributed by atoms with E-state index in [1.807, 2.05) is 0 Å². The molecule has 0 atom stereocenters. The molecule has 102 valence electrons. The van der Waals surface area contributed by atoms with Crippen molar-refractivity contribution in [3.05, 3.63) is 11.4 Å². The predicted octanol–water partition coefficient (Wildman–Crippen LogP) is -0.207. The molecule has 0 bridgehead atoms. The number of hydrogen-bond donors (Lipinski definition) is 2. The molecule has 2 N–H and O–H groups in total. The molecule has 1 aromatic heterocycles. The molecule has 7 nitrogen and oxygen atoms in total. The zero-order chi connectivity index (χ0) is 13.8. The topological polar surface area (TPSA) is 97.5 Å². The van der Waals surface area contributed by atoms with Gasteiger partial charge in [0, 0.05) is 13.5 Å². The minimum atomic E-state index is -3.38. The highest BCUT2D eigenvalue weighted by Crippen LogP contribution is 2.17. The van der Waals surface area contributed by atoms with Crippen LogP contribution in [0.4, 0.5) is 8.78 Å². The van der Waals surface area contributed by atoms with Crippen LogP contribution in [0.15, 0.2) is 0 Å². The molecule has 18 heavy (non-hydrogen) atoms.